The van der Waals surface area contributed by atoms with Gasteiger partial charge in [0.25, 0.3) is 0 Å². The van der Waals surface area contributed by atoms with E-state index >= 15 is 0 Å². The first kappa shape index (κ1) is 18.5. The standard InChI is InChI=1S/C15H10N.C4H9O.Ir/c1-2-7-13(8-3-1)15-14-9-5-4-6-12(14)10-11-16-15;1-3-4(2)5;/h1-7,9-11H;4-5H,1,3H2,2H3;/q2*-1;. The second kappa shape index (κ2) is 9.47. The number of benzene rings is 2. The van der Waals surface area contributed by atoms with Crippen LogP contribution in [0.3, 0.4) is 0 Å². The van der Waals surface area contributed by atoms with Gasteiger partial charge in [0.05, 0.1) is 0 Å². The van der Waals surface area contributed by atoms with Crippen LogP contribution in [-0.2, 0) is 20.1 Å². The Morgan fingerprint density at radius 3 is 2.45 bits per heavy atom. The molecule has 0 aliphatic heterocycles. The molecular formula is C19H19IrNO-2. The molecule has 1 heterocycles. The van der Waals surface area contributed by atoms with E-state index < -0.39 is 0 Å². The van der Waals surface area contributed by atoms with Gasteiger partial charge in [-0.25, -0.2) is 0 Å². The largest absolute Gasteiger partial charge is 0.396 e. The van der Waals surface area contributed by atoms with Crippen LogP contribution < -0.4 is 0 Å². The van der Waals surface area contributed by atoms with Crippen LogP contribution in [0.15, 0.2) is 60.8 Å². The summed E-state index contributed by atoms with van der Waals surface area (Å²) < 4.78 is 0. The molecule has 0 aliphatic rings. The van der Waals surface area contributed by atoms with Gasteiger partial charge in [-0.05, 0) is 29.5 Å². The molecule has 2 aromatic carbocycles. The van der Waals surface area contributed by atoms with E-state index in [-0.39, 0.29) is 26.2 Å². The Morgan fingerprint density at radius 2 is 1.82 bits per heavy atom. The quantitative estimate of drug-likeness (QED) is 0.568. The van der Waals surface area contributed by atoms with Crippen LogP contribution in [-0.4, -0.2) is 16.2 Å². The molecule has 0 amide bonds. The average molecular weight is 470 g/mol. The molecule has 1 unspecified atom stereocenters. The Bertz CT molecular complexity index is 678. The maximum Gasteiger partial charge on any atom is 0.0241 e. The molecule has 117 valence electrons. The summed E-state index contributed by atoms with van der Waals surface area (Å²) in [6.45, 7) is 5.15. The number of aromatic nitrogens is 1. The number of hydrogen-bond acceptors (Lipinski definition) is 2. The van der Waals surface area contributed by atoms with E-state index in [1.807, 2.05) is 48.7 Å². The molecule has 3 aromatic rings. The molecule has 1 N–H and O–H groups in total. The molecule has 0 bridgehead atoms. The van der Waals surface area contributed by atoms with Gasteiger partial charge in [0.2, 0.25) is 0 Å². The Morgan fingerprint density at radius 1 is 1.14 bits per heavy atom. The van der Waals surface area contributed by atoms with Gasteiger partial charge in [-0.3, -0.25) is 0 Å². The summed E-state index contributed by atoms with van der Waals surface area (Å²) in [5.74, 6) is 0. The molecule has 1 aromatic heterocycles. The first-order chi connectivity index (χ1) is 10.2. The second-order valence-corrected chi connectivity index (χ2v) is 4.79. The Hall–Kier alpha value is -1.54. The van der Waals surface area contributed by atoms with E-state index in [1.54, 1.807) is 6.92 Å². The molecule has 0 spiro atoms. The third-order valence-corrected chi connectivity index (χ3v) is 3.06. The monoisotopic (exact) mass is 470 g/mol. The van der Waals surface area contributed by atoms with Crippen molar-refractivity contribution in [2.45, 2.75) is 19.4 Å². The van der Waals surface area contributed by atoms with Crippen molar-refractivity contribution in [3.8, 4) is 11.3 Å². The van der Waals surface area contributed by atoms with Gasteiger partial charge in [-0.2, -0.15) is 6.42 Å². The fourth-order valence-corrected chi connectivity index (χ4v) is 1.87. The SMILES string of the molecule is [CH2-]CC(C)O.[Ir].[c-]1ccccc1-c1nccc2ccccc12. The topological polar surface area (TPSA) is 33.1 Å². The molecule has 0 aliphatic carbocycles. The van der Waals surface area contributed by atoms with Gasteiger partial charge >= 0.3 is 0 Å². The van der Waals surface area contributed by atoms with E-state index in [9.17, 15) is 0 Å². The van der Waals surface area contributed by atoms with Crippen LogP contribution in [0.4, 0.5) is 0 Å². The zero-order valence-electron chi connectivity index (χ0n) is 12.5. The van der Waals surface area contributed by atoms with Gasteiger partial charge in [-0.15, -0.1) is 35.9 Å². The Balaban J connectivity index is 0.000000356. The van der Waals surface area contributed by atoms with Crippen molar-refractivity contribution in [3.63, 3.8) is 0 Å². The van der Waals surface area contributed by atoms with Crippen LogP contribution >= 0.6 is 0 Å². The molecule has 22 heavy (non-hydrogen) atoms. The van der Waals surface area contributed by atoms with Crippen LogP contribution in [0.25, 0.3) is 22.0 Å². The predicted molar refractivity (Wildman–Crippen MR) is 87.7 cm³/mol. The van der Waals surface area contributed by atoms with E-state index in [1.165, 1.54) is 10.8 Å². The third-order valence-electron chi connectivity index (χ3n) is 3.06. The fraction of sp³-hybridized carbons (Fsp3) is 0.158. The molecule has 3 rings (SSSR count). The summed E-state index contributed by atoms with van der Waals surface area (Å²) >= 11 is 0. The average Bonchev–Trinajstić information content (AvgIpc) is 2.55. The molecule has 1 radical (unpaired) electrons. The van der Waals surface area contributed by atoms with Crippen molar-refractivity contribution in [2.75, 3.05) is 0 Å². The van der Waals surface area contributed by atoms with Gasteiger partial charge in [-0.1, -0.05) is 24.3 Å². The number of hydrogen-bond donors (Lipinski definition) is 1. The Labute approximate surface area is 145 Å². The molecule has 1 atom stereocenters. The van der Waals surface area contributed by atoms with E-state index in [4.69, 9.17) is 5.11 Å². The van der Waals surface area contributed by atoms with Crippen molar-refractivity contribution in [2.24, 2.45) is 0 Å². The minimum Gasteiger partial charge on any atom is -0.396 e. The molecule has 3 heteroatoms. The van der Waals surface area contributed by atoms with Gasteiger partial charge < -0.3 is 17.0 Å². The summed E-state index contributed by atoms with van der Waals surface area (Å²) in [6, 6.07) is 21.4. The van der Waals surface area contributed by atoms with Crippen molar-refractivity contribution >= 4 is 10.8 Å². The molecule has 2 nitrogen and oxygen atoms in total. The molecular weight excluding hydrogens is 450 g/mol. The maximum absolute atomic E-state index is 8.30. The first-order valence-electron chi connectivity index (χ1n) is 7.00. The Kier molecular flexibility index (Phi) is 7.97. The van der Waals surface area contributed by atoms with Crippen molar-refractivity contribution in [1.29, 1.82) is 0 Å². The van der Waals surface area contributed by atoms with E-state index in [0.717, 1.165) is 11.3 Å². The second-order valence-electron chi connectivity index (χ2n) is 4.79. The summed E-state index contributed by atoms with van der Waals surface area (Å²) in [5.41, 5.74) is 2.04. The van der Waals surface area contributed by atoms with Gasteiger partial charge in [0.15, 0.2) is 0 Å². The fourth-order valence-electron chi connectivity index (χ4n) is 1.87. The van der Waals surface area contributed by atoms with Crippen molar-refractivity contribution in [3.05, 3.63) is 73.8 Å². The smallest absolute Gasteiger partial charge is 0.0241 e. The van der Waals surface area contributed by atoms with Crippen LogP contribution in [0.5, 0.6) is 0 Å². The number of fused-ring (bicyclic) bond motifs is 1. The van der Waals surface area contributed by atoms with Crippen LogP contribution in [0.1, 0.15) is 13.3 Å². The van der Waals surface area contributed by atoms with Gasteiger partial charge in [0.1, 0.15) is 0 Å². The normalized spacial score (nSPS) is 11.0. The maximum atomic E-state index is 8.30. The van der Waals surface area contributed by atoms with E-state index in [2.05, 4.69) is 30.1 Å². The molecule has 0 saturated carbocycles. The van der Waals surface area contributed by atoms with E-state index in [0.29, 0.717) is 6.42 Å². The number of rotatable bonds is 2. The first-order valence-corrected chi connectivity index (χ1v) is 7.00. The molecule has 0 saturated heterocycles. The summed E-state index contributed by atoms with van der Waals surface area (Å²) in [6.07, 6.45) is 2.23. The number of nitrogens with zero attached hydrogens (tertiary/aromatic N) is 1. The van der Waals surface area contributed by atoms with Crippen molar-refractivity contribution in [1.82, 2.24) is 4.98 Å². The predicted octanol–water partition coefficient (Wildman–Crippen LogP) is 4.29. The molecule has 0 fully saturated rings. The third kappa shape index (κ3) is 5.03. The van der Waals surface area contributed by atoms with Gasteiger partial charge in [0, 0.05) is 32.4 Å². The van der Waals surface area contributed by atoms with Crippen LogP contribution in [0, 0.1) is 13.0 Å². The summed E-state index contributed by atoms with van der Waals surface area (Å²) in [5, 5.41) is 10.7. The minimum absolute atomic E-state index is 0. The zero-order chi connectivity index (χ0) is 15.1. The number of aliphatic hydroxyl groups excluding tert-OH is 1. The number of aliphatic hydroxyl groups is 1. The number of pyridine rings is 1. The summed E-state index contributed by atoms with van der Waals surface area (Å²) in [4.78, 5) is 4.45. The summed E-state index contributed by atoms with van der Waals surface area (Å²) in [7, 11) is 0. The van der Waals surface area contributed by atoms with Crippen LogP contribution in [0.2, 0.25) is 0 Å². The minimum atomic E-state index is -0.227. The zero-order valence-corrected chi connectivity index (χ0v) is 14.9. The van der Waals surface area contributed by atoms with Crippen molar-refractivity contribution < 1.29 is 25.2 Å².